The highest BCUT2D eigenvalue weighted by Gasteiger charge is 2.18. The number of fused-ring (bicyclic) bond motifs is 1. The summed E-state index contributed by atoms with van der Waals surface area (Å²) in [5.74, 6) is 1.20. The second kappa shape index (κ2) is 7.09. The Kier molecular flexibility index (Phi) is 4.89. The standard InChI is InChI=1S/C17H18N2O4S/c1-23-16(21)12-4-2-11(3-5-12)6-8-19-14-7-9-24-10-13(14)15(20)18-17(19)22/h2-5H,6-10H2,1H3,(H,18,20,22). The summed E-state index contributed by atoms with van der Waals surface area (Å²) in [4.78, 5) is 37.9. The van der Waals surface area contributed by atoms with E-state index in [2.05, 4.69) is 9.72 Å². The Morgan fingerprint density at radius 3 is 2.75 bits per heavy atom. The zero-order chi connectivity index (χ0) is 17.1. The second-order valence-corrected chi connectivity index (χ2v) is 6.68. The van der Waals surface area contributed by atoms with Gasteiger partial charge in [-0.2, -0.15) is 11.8 Å². The molecule has 0 unspecified atom stereocenters. The molecule has 0 saturated heterocycles. The molecule has 1 aliphatic rings. The Hall–Kier alpha value is -2.28. The Bertz CT molecular complexity index is 868. The van der Waals surface area contributed by atoms with Crippen LogP contribution < -0.4 is 11.2 Å². The predicted octanol–water partition coefficient (Wildman–Crippen LogP) is 1.36. The first kappa shape index (κ1) is 16.6. The number of benzene rings is 1. The van der Waals surface area contributed by atoms with E-state index in [9.17, 15) is 14.4 Å². The molecule has 1 aromatic carbocycles. The molecule has 1 aromatic heterocycles. The number of carbonyl (C=O) groups excluding carboxylic acids is 1. The van der Waals surface area contributed by atoms with Crippen molar-refractivity contribution in [2.75, 3.05) is 12.9 Å². The molecule has 0 amide bonds. The van der Waals surface area contributed by atoms with Gasteiger partial charge >= 0.3 is 11.7 Å². The molecule has 1 aliphatic heterocycles. The maximum Gasteiger partial charge on any atom is 0.337 e. The summed E-state index contributed by atoms with van der Waals surface area (Å²) in [5.41, 5.74) is 2.47. The van der Waals surface area contributed by atoms with Gasteiger partial charge in [-0.15, -0.1) is 0 Å². The SMILES string of the molecule is COC(=O)c1ccc(CCn2c3c(c(=O)[nH]c2=O)CSCC3)cc1. The van der Waals surface area contributed by atoms with Gasteiger partial charge in [0.15, 0.2) is 0 Å². The summed E-state index contributed by atoms with van der Waals surface area (Å²) in [6.07, 6.45) is 1.38. The summed E-state index contributed by atoms with van der Waals surface area (Å²) in [6, 6.07) is 7.13. The number of aryl methyl sites for hydroxylation is 1. The number of thioether (sulfide) groups is 1. The highest BCUT2D eigenvalue weighted by Crippen LogP contribution is 2.20. The third-order valence-electron chi connectivity index (χ3n) is 4.14. The molecule has 1 N–H and O–H groups in total. The van der Waals surface area contributed by atoms with E-state index >= 15 is 0 Å². The van der Waals surface area contributed by atoms with Gasteiger partial charge in [0, 0.05) is 23.6 Å². The van der Waals surface area contributed by atoms with Crippen molar-refractivity contribution in [2.24, 2.45) is 0 Å². The first-order valence-electron chi connectivity index (χ1n) is 7.70. The minimum absolute atomic E-state index is 0.263. The van der Waals surface area contributed by atoms with Crippen molar-refractivity contribution in [3.8, 4) is 0 Å². The molecule has 6 nitrogen and oxygen atoms in total. The van der Waals surface area contributed by atoms with Crippen molar-refractivity contribution in [1.82, 2.24) is 9.55 Å². The number of carbonyl (C=O) groups is 1. The highest BCUT2D eigenvalue weighted by atomic mass is 32.2. The third-order valence-corrected chi connectivity index (χ3v) is 5.13. The lowest BCUT2D eigenvalue weighted by Gasteiger charge is -2.19. The van der Waals surface area contributed by atoms with Crippen molar-refractivity contribution in [3.05, 3.63) is 67.5 Å². The molecule has 0 fully saturated rings. The summed E-state index contributed by atoms with van der Waals surface area (Å²) in [5, 5.41) is 0. The number of nitrogens with one attached hydrogen (secondary N) is 1. The maximum atomic E-state index is 12.2. The quantitative estimate of drug-likeness (QED) is 0.846. The van der Waals surface area contributed by atoms with Gasteiger partial charge in [-0.25, -0.2) is 9.59 Å². The van der Waals surface area contributed by atoms with Crippen LogP contribution in [0.4, 0.5) is 0 Å². The van der Waals surface area contributed by atoms with E-state index in [4.69, 9.17) is 0 Å². The largest absolute Gasteiger partial charge is 0.465 e. The van der Waals surface area contributed by atoms with Gasteiger partial charge in [0.25, 0.3) is 5.56 Å². The smallest absolute Gasteiger partial charge is 0.337 e. The number of hydrogen-bond acceptors (Lipinski definition) is 5. The number of methoxy groups -OCH3 is 1. The molecule has 126 valence electrons. The fraction of sp³-hybridized carbons (Fsp3) is 0.353. The number of rotatable bonds is 4. The van der Waals surface area contributed by atoms with Crippen molar-refractivity contribution in [3.63, 3.8) is 0 Å². The fourth-order valence-corrected chi connectivity index (χ4v) is 3.82. The highest BCUT2D eigenvalue weighted by molar-refractivity contribution is 7.98. The molecule has 2 aromatic rings. The molecule has 2 heterocycles. The van der Waals surface area contributed by atoms with E-state index in [0.29, 0.717) is 29.8 Å². The van der Waals surface area contributed by atoms with Crippen LogP contribution in [0.15, 0.2) is 33.9 Å². The third kappa shape index (κ3) is 3.31. The predicted molar refractivity (Wildman–Crippen MR) is 92.7 cm³/mol. The Morgan fingerprint density at radius 2 is 2.04 bits per heavy atom. The van der Waals surface area contributed by atoms with E-state index in [1.165, 1.54) is 7.11 Å². The van der Waals surface area contributed by atoms with E-state index in [-0.39, 0.29) is 17.2 Å². The van der Waals surface area contributed by atoms with Crippen LogP contribution in [0.5, 0.6) is 0 Å². The molecule has 0 radical (unpaired) electrons. The number of hydrogen-bond donors (Lipinski definition) is 1. The fourth-order valence-electron chi connectivity index (χ4n) is 2.84. The minimum atomic E-state index is -0.370. The van der Waals surface area contributed by atoms with Gasteiger partial charge in [-0.3, -0.25) is 14.3 Å². The van der Waals surface area contributed by atoms with Gasteiger partial charge in [0.1, 0.15) is 0 Å². The van der Waals surface area contributed by atoms with E-state index in [1.54, 1.807) is 28.5 Å². The van der Waals surface area contributed by atoms with Crippen LogP contribution in [0.1, 0.15) is 27.2 Å². The van der Waals surface area contributed by atoms with Gasteiger partial charge in [-0.05, 0) is 36.3 Å². The van der Waals surface area contributed by atoms with Crippen LogP contribution in [0.2, 0.25) is 0 Å². The Morgan fingerprint density at radius 1 is 1.29 bits per heavy atom. The lowest BCUT2D eigenvalue weighted by atomic mass is 10.1. The van der Waals surface area contributed by atoms with Crippen molar-refractivity contribution >= 4 is 17.7 Å². The number of nitrogens with zero attached hydrogens (tertiary/aromatic N) is 1. The van der Waals surface area contributed by atoms with Gasteiger partial charge in [-0.1, -0.05) is 12.1 Å². The van der Waals surface area contributed by atoms with Crippen molar-refractivity contribution in [2.45, 2.75) is 25.1 Å². The first-order valence-corrected chi connectivity index (χ1v) is 8.85. The lowest BCUT2D eigenvalue weighted by Crippen LogP contribution is -2.37. The lowest BCUT2D eigenvalue weighted by molar-refractivity contribution is 0.0600. The summed E-state index contributed by atoms with van der Waals surface area (Å²) >= 11 is 1.71. The second-order valence-electron chi connectivity index (χ2n) is 5.58. The summed E-state index contributed by atoms with van der Waals surface area (Å²) < 4.78 is 6.35. The van der Waals surface area contributed by atoms with Gasteiger partial charge in [0.05, 0.1) is 12.7 Å². The van der Waals surface area contributed by atoms with Crippen LogP contribution in [-0.4, -0.2) is 28.4 Å². The molecule has 0 saturated carbocycles. The Balaban J connectivity index is 1.81. The normalized spacial score (nSPS) is 13.4. The van der Waals surface area contributed by atoms with E-state index in [0.717, 1.165) is 23.4 Å². The molecule has 0 atom stereocenters. The topological polar surface area (TPSA) is 81.2 Å². The minimum Gasteiger partial charge on any atom is -0.465 e. The van der Waals surface area contributed by atoms with Crippen molar-refractivity contribution in [1.29, 1.82) is 0 Å². The molecular formula is C17H18N2O4S. The number of aromatic nitrogens is 2. The van der Waals surface area contributed by atoms with E-state index < -0.39 is 0 Å². The summed E-state index contributed by atoms with van der Waals surface area (Å²) in [6.45, 7) is 0.500. The molecule has 0 bridgehead atoms. The molecule has 0 spiro atoms. The Labute approximate surface area is 142 Å². The number of esters is 1. The average Bonchev–Trinajstić information content (AvgIpc) is 2.61. The van der Waals surface area contributed by atoms with Crippen LogP contribution in [0.3, 0.4) is 0 Å². The van der Waals surface area contributed by atoms with Crippen LogP contribution >= 0.6 is 11.8 Å². The van der Waals surface area contributed by atoms with Gasteiger partial charge < -0.3 is 4.74 Å². The van der Waals surface area contributed by atoms with Gasteiger partial charge in [0.2, 0.25) is 0 Å². The zero-order valence-electron chi connectivity index (χ0n) is 13.3. The monoisotopic (exact) mass is 346 g/mol. The molecule has 7 heteroatoms. The molecular weight excluding hydrogens is 328 g/mol. The van der Waals surface area contributed by atoms with Crippen LogP contribution in [-0.2, 0) is 29.9 Å². The molecule has 24 heavy (non-hydrogen) atoms. The molecule has 3 rings (SSSR count). The number of H-pyrrole nitrogens is 1. The summed E-state index contributed by atoms with van der Waals surface area (Å²) in [7, 11) is 1.35. The van der Waals surface area contributed by atoms with Crippen LogP contribution in [0, 0.1) is 0 Å². The maximum absolute atomic E-state index is 12.2. The first-order chi connectivity index (χ1) is 11.6. The zero-order valence-corrected chi connectivity index (χ0v) is 14.1. The van der Waals surface area contributed by atoms with E-state index in [1.807, 2.05) is 12.1 Å². The average molecular weight is 346 g/mol. The van der Waals surface area contributed by atoms with Crippen LogP contribution in [0.25, 0.3) is 0 Å². The van der Waals surface area contributed by atoms with Crippen molar-refractivity contribution < 1.29 is 9.53 Å². The number of aromatic amines is 1. The molecule has 0 aliphatic carbocycles. The number of ether oxygens (including phenoxy) is 1.